The average molecular weight is 298 g/mol. The molecular weight excluding hydrogens is 285 g/mol. The molecule has 0 aromatic heterocycles. The van der Waals surface area contributed by atoms with Gasteiger partial charge in [0, 0.05) is 23.1 Å². The van der Waals surface area contributed by atoms with E-state index >= 15 is 0 Å². The van der Waals surface area contributed by atoms with Crippen LogP contribution in [-0.2, 0) is 6.42 Å². The number of aliphatic hydroxyl groups excluding tert-OH is 1. The summed E-state index contributed by atoms with van der Waals surface area (Å²) < 4.78 is 39.1. The number of thioether (sulfide) groups is 1. The first-order valence-corrected chi connectivity index (χ1v) is 7.03. The van der Waals surface area contributed by atoms with Gasteiger partial charge in [-0.25, -0.2) is 13.2 Å². The van der Waals surface area contributed by atoms with Gasteiger partial charge in [-0.15, -0.1) is 11.8 Å². The van der Waals surface area contributed by atoms with E-state index in [1.165, 1.54) is 30.0 Å². The summed E-state index contributed by atoms with van der Waals surface area (Å²) >= 11 is 1.28. The second-order valence-electron chi connectivity index (χ2n) is 4.36. The van der Waals surface area contributed by atoms with Crippen molar-refractivity contribution in [2.45, 2.75) is 17.4 Å². The monoisotopic (exact) mass is 298 g/mol. The molecule has 1 N–H and O–H groups in total. The van der Waals surface area contributed by atoms with Gasteiger partial charge in [-0.3, -0.25) is 0 Å². The number of hydrogen-bond acceptors (Lipinski definition) is 2. The minimum Gasteiger partial charge on any atom is -0.392 e. The Hall–Kier alpha value is -1.46. The van der Waals surface area contributed by atoms with Crippen molar-refractivity contribution >= 4 is 11.8 Å². The molecule has 0 heterocycles. The molecule has 20 heavy (non-hydrogen) atoms. The Balaban J connectivity index is 1.90. The Morgan fingerprint density at radius 2 is 1.75 bits per heavy atom. The summed E-state index contributed by atoms with van der Waals surface area (Å²) in [5, 5.41) is 9.85. The molecular formula is C15H13F3OS. The predicted octanol–water partition coefficient (Wildman–Crippen LogP) is 3.80. The van der Waals surface area contributed by atoms with E-state index in [4.69, 9.17) is 0 Å². The number of rotatable bonds is 5. The molecule has 0 spiro atoms. The molecule has 2 rings (SSSR count). The van der Waals surface area contributed by atoms with Crippen LogP contribution in [0.1, 0.15) is 5.56 Å². The molecule has 0 amide bonds. The maximum atomic E-state index is 13.4. The molecule has 1 nitrogen and oxygen atoms in total. The molecule has 2 aromatic rings. The molecule has 0 bridgehead atoms. The third-order valence-corrected chi connectivity index (χ3v) is 3.85. The first-order chi connectivity index (χ1) is 9.54. The van der Waals surface area contributed by atoms with E-state index in [9.17, 15) is 18.3 Å². The van der Waals surface area contributed by atoms with Crippen LogP contribution < -0.4 is 0 Å². The van der Waals surface area contributed by atoms with E-state index in [-0.39, 0.29) is 17.8 Å². The van der Waals surface area contributed by atoms with Gasteiger partial charge in [0.25, 0.3) is 0 Å². The summed E-state index contributed by atoms with van der Waals surface area (Å²) in [6.07, 6.45) is -0.697. The molecule has 1 atom stereocenters. The Bertz CT molecular complexity index is 589. The van der Waals surface area contributed by atoms with E-state index in [1.54, 1.807) is 12.1 Å². The van der Waals surface area contributed by atoms with Crippen LogP contribution in [-0.4, -0.2) is 17.0 Å². The van der Waals surface area contributed by atoms with E-state index < -0.39 is 17.7 Å². The zero-order chi connectivity index (χ0) is 14.5. The van der Waals surface area contributed by atoms with Gasteiger partial charge in [0.1, 0.15) is 17.5 Å². The van der Waals surface area contributed by atoms with Crippen molar-refractivity contribution in [1.29, 1.82) is 0 Å². The fourth-order valence-electron chi connectivity index (χ4n) is 1.75. The Kier molecular flexibility index (Phi) is 5.09. The highest BCUT2D eigenvalue weighted by molar-refractivity contribution is 7.99. The molecule has 0 saturated heterocycles. The highest BCUT2D eigenvalue weighted by Crippen LogP contribution is 2.21. The second-order valence-corrected chi connectivity index (χ2v) is 5.46. The van der Waals surface area contributed by atoms with Crippen molar-refractivity contribution in [3.63, 3.8) is 0 Å². The normalized spacial score (nSPS) is 12.4. The lowest BCUT2D eigenvalue weighted by Crippen LogP contribution is -2.14. The maximum Gasteiger partial charge on any atom is 0.129 e. The molecule has 0 aliphatic heterocycles. The van der Waals surface area contributed by atoms with Crippen LogP contribution in [0.15, 0.2) is 47.4 Å². The van der Waals surface area contributed by atoms with Crippen molar-refractivity contribution in [3.8, 4) is 0 Å². The van der Waals surface area contributed by atoms with Gasteiger partial charge >= 0.3 is 0 Å². The fourth-order valence-corrected chi connectivity index (χ4v) is 2.62. The van der Waals surface area contributed by atoms with E-state index in [2.05, 4.69) is 0 Å². The quantitative estimate of drug-likeness (QED) is 0.847. The fraction of sp³-hybridized carbons (Fsp3) is 0.200. The summed E-state index contributed by atoms with van der Waals surface area (Å²) in [6, 6.07) is 9.31. The first-order valence-electron chi connectivity index (χ1n) is 6.05. The zero-order valence-electron chi connectivity index (χ0n) is 10.5. The highest BCUT2D eigenvalue weighted by Gasteiger charge is 2.11. The van der Waals surface area contributed by atoms with Crippen LogP contribution in [0.2, 0.25) is 0 Å². The van der Waals surface area contributed by atoms with Gasteiger partial charge in [-0.05, 0) is 29.8 Å². The molecule has 0 aliphatic carbocycles. The van der Waals surface area contributed by atoms with Crippen LogP contribution in [0.5, 0.6) is 0 Å². The van der Waals surface area contributed by atoms with Crippen molar-refractivity contribution in [2.75, 3.05) is 5.75 Å². The molecule has 106 valence electrons. The zero-order valence-corrected chi connectivity index (χ0v) is 11.3. The van der Waals surface area contributed by atoms with Crippen molar-refractivity contribution in [2.24, 2.45) is 0 Å². The molecule has 0 aliphatic rings. The van der Waals surface area contributed by atoms with Gasteiger partial charge < -0.3 is 5.11 Å². The molecule has 5 heteroatoms. The van der Waals surface area contributed by atoms with Gasteiger partial charge in [0.2, 0.25) is 0 Å². The third kappa shape index (κ3) is 4.28. The van der Waals surface area contributed by atoms with E-state index in [0.29, 0.717) is 10.6 Å². The van der Waals surface area contributed by atoms with Gasteiger partial charge in [0.15, 0.2) is 0 Å². The molecule has 1 unspecified atom stereocenters. The average Bonchev–Trinajstić information content (AvgIpc) is 2.40. The highest BCUT2D eigenvalue weighted by atomic mass is 32.2. The predicted molar refractivity (Wildman–Crippen MR) is 73.2 cm³/mol. The van der Waals surface area contributed by atoms with Crippen molar-refractivity contribution in [1.82, 2.24) is 0 Å². The van der Waals surface area contributed by atoms with Crippen LogP contribution in [0.25, 0.3) is 0 Å². The Morgan fingerprint density at radius 3 is 2.45 bits per heavy atom. The summed E-state index contributed by atoms with van der Waals surface area (Å²) in [5.74, 6) is -1.34. The lowest BCUT2D eigenvalue weighted by atomic mass is 10.1. The van der Waals surface area contributed by atoms with Crippen molar-refractivity contribution < 1.29 is 18.3 Å². The summed E-state index contributed by atoms with van der Waals surface area (Å²) in [7, 11) is 0. The largest absolute Gasteiger partial charge is 0.392 e. The number of halogens is 3. The molecule has 2 aromatic carbocycles. The van der Waals surface area contributed by atoms with Crippen molar-refractivity contribution in [3.05, 3.63) is 65.5 Å². The number of aliphatic hydroxyl groups is 1. The number of hydrogen-bond donors (Lipinski definition) is 1. The van der Waals surface area contributed by atoms with E-state index in [1.807, 2.05) is 0 Å². The van der Waals surface area contributed by atoms with Crippen LogP contribution >= 0.6 is 11.8 Å². The minimum absolute atomic E-state index is 0.0917. The first kappa shape index (κ1) is 14.9. The Labute approximate surface area is 119 Å². The second kappa shape index (κ2) is 6.81. The SMILES string of the molecule is OC(CSc1cccc(F)c1)Cc1ccc(F)cc1F. The lowest BCUT2D eigenvalue weighted by molar-refractivity contribution is 0.198. The van der Waals surface area contributed by atoms with Crippen LogP contribution in [0.4, 0.5) is 13.2 Å². The standard InChI is InChI=1S/C15H13F3OS/c16-11-2-1-3-14(7-11)20-9-13(19)6-10-4-5-12(17)8-15(10)18/h1-5,7-8,13,19H,6,9H2. The van der Waals surface area contributed by atoms with Gasteiger partial charge in [-0.1, -0.05) is 12.1 Å². The summed E-state index contributed by atoms with van der Waals surface area (Å²) in [5.41, 5.74) is 0.263. The molecule has 0 radical (unpaired) electrons. The van der Waals surface area contributed by atoms with E-state index in [0.717, 1.165) is 12.1 Å². The minimum atomic E-state index is -0.789. The summed E-state index contributed by atoms with van der Waals surface area (Å²) in [4.78, 5) is 0.698. The topological polar surface area (TPSA) is 20.2 Å². The Morgan fingerprint density at radius 1 is 1.00 bits per heavy atom. The molecule has 0 fully saturated rings. The lowest BCUT2D eigenvalue weighted by Gasteiger charge is -2.11. The van der Waals surface area contributed by atoms with Gasteiger partial charge in [0.05, 0.1) is 6.10 Å². The van der Waals surface area contributed by atoms with Crippen LogP contribution in [0.3, 0.4) is 0 Å². The smallest absolute Gasteiger partial charge is 0.129 e. The van der Waals surface area contributed by atoms with Gasteiger partial charge in [-0.2, -0.15) is 0 Å². The third-order valence-electron chi connectivity index (χ3n) is 2.71. The van der Waals surface area contributed by atoms with Crippen LogP contribution in [0, 0.1) is 17.5 Å². The summed E-state index contributed by atoms with van der Waals surface area (Å²) in [6.45, 7) is 0. The number of benzene rings is 2. The maximum absolute atomic E-state index is 13.4. The molecule has 0 saturated carbocycles.